The van der Waals surface area contributed by atoms with Gasteiger partial charge in [-0.15, -0.1) is 12.6 Å². The van der Waals surface area contributed by atoms with E-state index in [-0.39, 0.29) is 52.8 Å². The van der Waals surface area contributed by atoms with Gasteiger partial charge in [0.2, 0.25) is 0 Å². The second-order valence-corrected chi connectivity index (χ2v) is 3.44. The Balaban J connectivity index is 0. The fourth-order valence-electron chi connectivity index (χ4n) is 1.09. The van der Waals surface area contributed by atoms with Crippen LogP contribution >= 0.6 is 24.8 Å². The predicted octanol–water partition coefficient (Wildman–Crippen LogP) is -1.20. The number of thiocarbonyl (C=S) groups is 1. The Morgan fingerprint density at radius 1 is 1.30 bits per heavy atom. The van der Waals surface area contributed by atoms with Gasteiger partial charge in [0, 0.05) is 13.1 Å². The van der Waals surface area contributed by atoms with Gasteiger partial charge < -0.3 is 6.33 Å². The molecule has 1 heterocycles. The summed E-state index contributed by atoms with van der Waals surface area (Å²) in [6, 6.07) is 0. The summed E-state index contributed by atoms with van der Waals surface area (Å²) in [6.07, 6.45) is 3.91. The van der Waals surface area contributed by atoms with Crippen molar-refractivity contribution in [3.63, 3.8) is 0 Å². The van der Waals surface area contributed by atoms with Crippen LogP contribution in [0.1, 0.15) is 20.7 Å². The number of likely N-dealkylation sites (tertiary alicyclic amines) is 1. The van der Waals surface area contributed by atoms with Crippen molar-refractivity contribution in [2.75, 3.05) is 13.1 Å². The molecule has 1 nitrogen and oxygen atoms in total. The van der Waals surface area contributed by atoms with Crippen LogP contribution in [0.25, 0.3) is 0 Å². The summed E-state index contributed by atoms with van der Waals surface area (Å²) in [5, 5.41) is 0. The van der Waals surface area contributed by atoms with Crippen LogP contribution in [0.15, 0.2) is 0 Å². The second kappa shape index (κ2) is 6.40. The van der Waals surface area contributed by atoms with Gasteiger partial charge in [0.25, 0.3) is 0 Å². The number of thiol groups is 1. The summed E-state index contributed by atoms with van der Waals surface area (Å²) in [6.45, 7) is 2.23. The molecule has 0 N–H and O–H groups in total. The molecule has 54 valence electrons. The Morgan fingerprint density at radius 2 is 1.80 bits per heavy atom. The summed E-state index contributed by atoms with van der Waals surface area (Å²) in [5.41, 5.74) is 0. The molecule has 0 saturated carbocycles. The maximum Gasteiger partial charge on any atom is 1.00 e. The zero-order valence-corrected chi connectivity index (χ0v) is 11.2. The van der Waals surface area contributed by atoms with Gasteiger partial charge in [-0.05, 0) is 19.3 Å². The summed E-state index contributed by atoms with van der Waals surface area (Å²) in [5.74, 6) is 0. The van der Waals surface area contributed by atoms with Crippen LogP contribution in [0, 0.1) is 0 Å². The molecule has 0 atom stereocenters. The smallest absolute Gasteiger partial charge is 1.00 e. The van der Waals surface area contributed by atoms with Gasteiger partial charge in [-0.25, -0.2) is 0 Å². The molecule has 0 aromatic rings. The molecule has 0 radical (unpaired) electrons. The number of piperidine rings is 1. The molecular weight excluding hydrogens is 189 g/mol. The molecule has 0 spiro atoms. The van der Waals surface area contributed by atoms with Crippen molar-refractivity contribution in [3.05, 3.63) is 0 Å². The van der Waals surface area contributed by atoms with E-state index in [1.54, 1.807) is 0 Å². The minimum Gasteiger partial charge on any atom is -1.00 e. The molecule has 0 bridgehead atoms. The van der Waals surface area contributed by atoms with Crippen LogP contribution in [0.5, 0.6) is 0 Å². The molecule has 0 aromatic carbocycles. The van der Waals surface area contributed by atoms with Gasteiger partial charge in [-0.2, -0.15) is 0 Å². The van der Waals surface area contributed by atoms with Crippen LogP contribution < -0.4 is 51.4 Å². The van der Waals surface area contributed by atoms with Crippen molar-refractivity contribution in [1.29, 1.82) is 0 Å². The van der Waals surface area contributed by atoms with Crippen LogP contribution in [0.4, 0.5) is 0 Å². The van der Waals surface area contributed by atoms with E-state index in [4.69, 9.17) is 12.2 Å². The molecule has 0 aliphatic carbocycles. The summed E-state index contributed by atoms with van der Waals surface area (Å²) < 4.78 is 0.759. The largest absolute Gasteiger partial charge is 1.00 e. The Hall–Kier alpha value is 1.88. The molecule has 1 saturated heterocycles. The first kappa shape index (κ1) is 11.9. The quantitative estimate of drug-likeness (QED) is 0.298. The molecule has 1 rings (SSSR count). The van der Waals surface area contributed by atoms with Gasteiger partial charge >= 0.3 is 51.4 Å². The van der Waals surface area contributed by atoms with Crippen LogP contribution in [0.3, 0.4) is 0 Å². The number of hydrogen-bond acceptors (Lipinski definition) is 1. The molecule has 10 heavy (non-hydrogen) atoms. The second-order valence-electron chi connectivity index (χ2n) is 2.33. The van der Waals surface area contributed by atoms with E-state index < -0.39 is 0 Å². The Labute approximate surface area is 117 Å². The third-order valence-corrected chi connectivity index (χ3v) is 2.17. The number of nitrogens with zero attached hydrogens (tertiary/aromatic N) is 1. The van der Waals surface area contributed by atoms with Crippen LogP contribution in [-0.2, 0) is 0 Å². The molecule has 0 amide bonds. The normalized spacial score (nSPS) is 17.9. The number of hydrogen-bond donors (Lipinski definition) is 1. The van der Waals surface area contributed by atoms with Gasteiger partial charge in [0.05, 0.1) is 0 Å². The maximum absolute atomic E-state index is 4.91. The average molecular weight is 201 g/mol. The van der Waals surface area contributed by atoms with E-state index in [2.05, 4.69) is 17.5 Å². The van der Waals surface area contributed by atoms with Crippen molar-refractivity contribution in [1.82, 2.24) is 4.90 Å². The van der Waals surface area contributed by atoms with E-state index in [1.807, 2.05) is 0 Å². The Bertz CT molecular complexity index is 117. The van der Waals surface area contributed by atoms with E-state index in [9.17, 15) is 0 Å². The average Bonchev–Trinajstić information content (AvgIpc) is 1.90. The summed E-state index contributed by atoms with van der Waals surface area (Å²) in [7, 11) is 0. The first-order chi connectivity index (χ1) is 4.30. The first-order valence-electron chi connectivity index (χ1n) is 3.28. The van der Waals surface area contributed by atoms with Crippen molar-refractivity contribution in [3.8, 4) is 0 Å². The third-order valence-electron chi connectivity index (χ3n) is 1.63. The van der Waals surface area contributed by atoms with E-state index in [0.717, 1.165) is 17.4 Å². The predicted molar refractivity (Wildman–Crippen MR) is 48.1 cm³/mol. The van der Waals surface area contributed by atoms with Gasteiger partial charge in [-0.3, -0.25) is 0 Å². The van der Waals surface area contributed by atoms with Crippen molar-refractivity contribution < 1.29 is 52.8 Å². The van der Waals surface area contributed by atoms with Gasteiger partial charge in [-0.1, -0.05) is 12.2 Å². The maximum atomic E-state index is 4.91. The number of rotatable bonds is 0. The fraction of sp³-hybridized carbons (Fsp3) is 0.833. The van der Waals surface area contributed by atoms with Gasteiger partial charge in [0.1, 0.15) is 4.32 Å². The molecule has 0 unspecified atom stereocenters. The molecule has 0 aromatic heterocycles. The molecule has 1 aliphatic heterocycles. The topological polar surface area (TPSA) is 3.24 Å². The zero-order chi connectivity index (χ0) is 6.69. The molecule has 1 aliphatic rings. The van der Waals surface area contributed by atoms with Crippen molar-refractivity contribution >= 4 is 29.2 Å². The molecule has 4 heteroatoms. The third kappa shape index (κ3) is 4.04. The zero-order valence-electron chi connectivity index (χ0n) is 7.34. The Kier molecular flexibility index (Phi) is 7.60. The summed E-state index contributed by atoms with van der Waals surface area (Å²) in [4.78, 5) is 2.15. The van der Waals surface area contributed by atoms with Crippen molar-refractivity contribution in [2.24, 2.45) is 0 Å². The standard InChI is InChI=1S/C6H11NS2.K.H/c8-6(9)7-4-2-1-3-5-7;;/h1-5H2,(H,8,9);;/q;+1;-1. The SMILES string of the molecule is S=C(S)N1CCCCC1.[H-].[K+]. The van der Waals surface area contributed by atoms with Crippen molar-refractivity contribution in [2.45, 2.75) is 19.3 Å². The fourth-order valence-corrected chi connectivity index (χ4v) is 1.47. The van der Waals surface area contributed by atoms with E-state index in [0.29, 0.717) is 0 Å². The van der Waals surface area contributed by atoms with E-state index >= 15 is 0 Å². The minimum atomic E-state index is 0. The summed E-state index contributed by atoms with van der Waals surface area (Å²) >= 11 is 9.00. The Morgan fingerprint density at radius 3 is 2.10 bits per heavy atom. The van der Waals surface area contributed by atoms with Crippen LogP contribution in [-0.4, -0.2) is 22.3 Å². The van der Waals surface area contributed by atoms with Crippen LogP contribution in [0.2, 0.25) is 0 Å². The molecule has 1 fully saturated rings. The molecular formula is C6H12KNS2. The minimum absolute atomic E-state index is 0. The van der Waals surface area contributed by atoms with Gasteiger partial charge in [0.15, 0.2) is 0 Å². The first-order valence-corrected chi connectivity index (χ1v) is 4.14. The van der Waals surface area contributed by atoms with E-state index in [1.165, 1.54) is 19.3 Å². The monoisotopic (exact) mass is 201 g/mol.